The number of nitrogens with zero attached hydrogens (tertiary/aromatic N) is 3. The molecule has 0 radical (unpaired) electrons. The smallest absolute Gasteiger partial charge is 0.354 e. The van der Waals surface area contributed by atoms with Crippen LogP contribution in [-0.2, 0) is 6.18 Å². The number of halogens is 4. The van der Waals surface area contributed by atoms with Crippen molar-refractivity contribution in [1.29, 1.82) is 0 Å². The molecule has 2 aliphatic rings. The Hall–Kier alpha value is -2.97. The second-order valence-corrected chi connectivity index (χ2v) is 8.64. The van der Waals surface area contributed by atoms with E-state index in [9.17, 15) is 22.4 Å². The average molecular weight is 462 g/mol. The largest absolute Gasteiger partial charge is 0.416 e. The lowest BCUT2D eigenvalue weighted by Gasteiger charge is -2.29. The van der Waals surface area contributed by atoms with Gasteiger partial charge in [-0.15, -0.1) is 10.2 Å². The van der Waals surface area contributed by atoms with Crippen LogP contribution in [0, 0.1) is 11.7 Å². The molecule has 0 bridgehead atoms. The first-order valence-electron chi connectivity index (χ1n) is 11.2. The van der Waals surface area contributed by atoms with Crippen LogP contribution in [0.2, 0.25) is 0 Å². The molecule has 0 unspecified atom stereocenters. The maximum absolute atomic E-state index is 13.5. The van der Waals surface area contributed by atoms with E-state index < -0.39 is 17.6 Å². The number of alkyl halides is 3. The quantitative estimate of drug-likeness (QED) is 0.452. The molecule has 1 aromatic carbocycles. The van der Waals surface area contributed by atoms with Crippen LogP contribution in [-0.4, -0.2) is 35.7 Å². The summed E-state index contributed by atoms with van der Waals surface area (Å²) in [5, 5.41) is 11.0. The van der Waals surface area contributed by atoms with Crippen LogP contribution in [0.4, 0.5) is 23.4 Å². The van der Waals surface area contributed by atoms with Gasteiger partial charge in [0.2, 0.25) is 0 Å². The number of piperidine rings is 1. The van der Waals surface area contributed by atoms with E-state index in [1.165, 1.54) is 18.9 Å². The second-order valence-electron chi connectivity index (χ2n) is 8.64. The van der Waals surface area contributed by atoms with Gasteiger partial charge >= 0.3 is 6.18 Å². The fourth-order valence-corrected chi connectivity index (χ4v) is 4.00. The van der Waals surface area contributed by atoms with Crippen molar-refractivity contribution in [2.24, 2.45) is 5.92 Å². The van der Waals surface area contributed by atoms with Crippen molar-refractivity contribution in [2.75, 3.05) is 24.5 Å². The highest BCUT2D eigenvalue weighted by Gasteiger charge is 2.33. The Morgan fingerprint density at radius 1 is 1.12 bits per heavy atom. The van der Waals surface area contributed by atoms with Gasteiger partial charge in [-0.2, -0.15) is 13.2 Å². The fraction of sp³-hybridized carbons (Fsp3) is 0.458. The van der Waals surface area contributed by atoms with Gasteiger partial charge in [0.1, 0.15) is 5.82 Å². The number of nitrogens with one attached hydrogen (secondary N) is 1. The molecule has 1 aliphatic heterocycles. The molecule has 0 spiro atoms. The summed E-state index contributed by atoms with van der Waals surface area (Å²) >= 11 is 0. The molecule has 1 saturated heterocycles. The van der Waals surface area contributed by atoms with Crippen molar-refractivity contribution < 1.29 is 22.4 Å². The van der Waals surface area contributed by atoms with E-state index in [1.54, 1.807) is 12.1 Å². The van der Waals surface area contributed by atoms with Gasteiger partial charge in [0.25, 0.3) is 5.91 Å². The minimum absolute atomic E-state index is 0.154. The zero-order chi connectivity index (χ0) is 23.4. The third-order valence-electron chi connectivity index (χ3n) is 6.06. The predicted octanol–water partition coefficient (Wildman–Crippen LogP) is 5.24. The van der Waals surface area contributed by atoms with Gasteiger partial charge < -0.3 is 10.2 Å². The minimum Gasteiger partial charge on any atom is -0.354 e. The normalized spacial score (nSPS) is 16.6. The standard InChI is InChI=1S/C24H26F4N4O/c25-19-5-6-20(24(26,27)28)18(15-19)14-17-9-12-32(13-10-17)22-8-7-21(30-31-22)23(33)29-11-1-2-16-3-4-16/h5-8,14-16H,1-4,9-13H2,(H,29,33). The second kappa shape index (κ2) is 9.89. The Morgan fingerprint density at radius 3 is 2.52 bits per heavy atom. The molecule has 2 aromatic rings. The predicted molar refractivity (Wildman–Crippen MR) is 117 cm³/mol. The molecular weight excluding hydrogens is 436 g/mol. The van der Waals surface area contributed by atoms with Gasteiger partial charge in [-0.3, -0.25) is 4.79 Å². The number of anilines is 1. The Balaban J connectivity index is 1.32. The molecule has 176 valence electrons. The molecule has 1 saturated carbocycles. The molecule has 9 heteroatoms. The van der Waals surface area contributed by atoms with Crippen molar-refractivity contribution >= 4 is 17.8 Å². The highest BCUT2D eigenvalue weighted by Crippen LogP contribution is 2.35. The number of carbonyl (C=O) groups is 1. The van der Waals surface area contributed by atoms with Crippen LogP contribution in [0.25, 0.3) is 6.08 Å². The summed E-state index contributed by atoms with van der Waals surface area (Å²) in [4.78, 5) is 14.2. The molecule has 33 heavy (non-hydrogen) atoms. The minimum atomic E-state index is -4.54. The Bertz CT molecular complexity index is 1010. The van der Waals surface area contributed by atoms with Crippen LogP contribution in [0.1, 0.15) is 60.1 Å². The molecule has 1 amide bonds. The lowest BCUT2D eigenvalue weighted by atomic mass is 9.98. The number of rotatable bonds is 7. The lowest BCUT2D eigenvalue weighted by Crippen LogP contribution is -2.32. The third-order valence-corrected chi connectivity index (χ3v) is 6.06. The van der Waals surface area contributed by atoms with E-state index in [0.717, 1.165) is 42.5 Å². The summed E-state index contributed by atoms with van der Waals surface area (Å²) in [7, 11) is 0. The summed E-state index contributed by atoms with van der Waals surface area (Å²) in [5.41, 5.74) is 0.0791. The van der Waals surface area contributed by atoms with E-state index in [4.69, 9.17) is 0 Å². The first-order chi connectivity index (χ1) is 15.8. The van der Waals surface area contributed by atoms with Gasteiger partial charge in [0.15, 0.2) is 11.5 Å². The fourth-order valence-electron chi connectivity index (χ4n) is 4.00. The molecule has 2 fully saturated rings. The molecule has 2 heterocycles. The van der Waals surface area contributed by atoms with E-state index >= 15 is 0 Å². The summed E-state index contributed by atoms with van der Waals surface area (Å²) < 4.78 is 53.2. The number of benzene rings is 1. The van der Waals surface area contributed by atoms with Crippen molar-refractivity contribution in [3.8, 4) is 0 Å². The van der Waals surface area contributed by atoms with Crippen LogP contribution in [0.15, 0.2) is 35.9 Å². The highest BCUT2D eigenvalue weighted by atomic mass is 19.4. The summed E-state index contributed by atoms with van der Waals surface area (Å²) in [6, 6.07) is 5.88. The van der Waals surface area contributed by atoms with E-state index in [-0.39, 0.29) is 17.2 Å². The van der Waals surface area contributed by atoms with Crippen molar-refractivity contribution in [3.05, 3.63) is 58.5 Å². The number of amides is 1. The number of hydrogen-bond donors (Lipinski definition) is 1. The Morgan fingerprint density at radius 2 is 1.88 bits per heavy atom. The Kier molecular flexibility index (Phi) is 6.95. The van der Waals surface area contributed by atoms with Crippen LogP contribution >= 0.6 is 0 Å². The maximum atomic E-state index is 13.5. The zero-order valence-electron chi connectivity index (χ0n) is 18.2. The zero-order valence-corrected chi connectivity index (χ0v) is 18.2. The topological polar surface area (TPSA) is 58.1 Å². The summed E-state index contributed by atoms with van der Waals surface area (Å²) in [6.07, 6.45) is 2.66. The van der Waals surface area contributed by atoms with E-state index in [1.807, 2.05) is 4.90 Å². The maximum Gasteiger partial charge on any atom is 0.416 e. The van der Waals surface area contributed by atoms with Gasteiger partial charge in [-0.25, -0.2) is 4.39 Å². The first kappa shape index (κ1) is 23.2. The molecule has 1 aliphatic carbocycles. The highest BCUT2D eigenvalue weighted by molar-refractivity contribution is 5.92. The average Bonchev–Trinajstić information content (AvgIpc) is 3.61. The van der Waals surface area contributed by atoms with Crippen LogP contribution in [0.3, 0.4) is 0 Å². The lowest BCUT2D eigenvalue weighted by molar-refractivity contribution is -0.137. The molecule has 4 rings (SSSR count). The SMILES string of the molecule is O=C(NCCCC1CC1)c1ccc(N2CCC(=Cc3cc(F)ccc3C(F)(F)F)CC2)nn1. The first-order valence-corrected chi connectivity index (χ1v) is 11.2. The van der Waals surface area contributed by atoms with Gasteiger partial charge in [0, 0.05) is 19.6 Å². The van der Waals surface area contributed by atoms with Crippen molar-refractivity contribution in [2.45, 2.75) is 44.7 Å². The van der Waals surface area contributed by atoms with Crippen molar-refractivity contribution in [3.63, 3.8) is 0 Å². The van der Waals surface area contributed by atoms with E-state index in [0.29, 0.717) is 38.3 Å². The van der Waals surface area contributed by atoms with E-state index in [2.05, 4.69) is 15.5 Å². The summed E-state index contributed by atoms with van der Waals surface area (Å²) in [6.45, 7) is 1.72. The molecule has 1 aromatic heterocycles. The molecule has 0 atom stereocenters. The number of aromatic nitrogens is 2. The monoisotopic (exact) mass is 462 g/mol. The third kappa shape index (κ3) is 6.30. The molecule has 1 N–H and O–H groups in total. The van der Waals surface area contributed by atoms with Gasteiger partial charge in [-0.1, -0.05) is 24.5 Å². The van der Waals surface area contributed by atoms with Crippen LogP contribution in [0.5, 0.6) is 0 Å². The summed E-state index contributed by atoms with van der Waals surface area (Å²) in [5.74, 6) is 0.501. The Labute approximate surface area is 189 Å². The number of carbonyl (C=O) groups excluding carboxylic acids is 1. The number of hydrogen-bond acceptors (Lipinski definition) is 4. The van der Waals surface area contributed by atoms with Gasteiger partial charge in [0.05, 0.1) is 5.56 Å². The van der Waals surface area contributed by atoms with Crippen molar-refractivity contribution in [1.82, 2.24) is 15.5 Å². The molecule has 5 nitrogen and oxygen atoms in total. The van der Waals surface area contributed by atoms with Crippen LogP contribution < -0.4 is 10.2 Å². The molecular formula is C24H26F4N4O. The van der Waals surface area contributed by atoms with Gasteiger partial charge in [-0.05, 0) is 67.5 Å².